The van der Waals surface area contributed by atoms with Crippen molar-refractivity contribution in [1.29, 1.82) is 0 Å². The highest BCUT2D eigenvalue weighted by Crippen LogP contribution is 2.40. The zero-order valence-corrected chi connectivity index (χ0v) is 16.0. The van der Waals surface area contributed by atoms with Crippen molar-refractivity contribution in [1.82, 2.24) is 9.80 Å². The smallest absolute Gasteiger partial charge is 0.308 e. The van der Waals surface area contributed by atoms with Crippen LogP contribution in [0.2, 0.25) is 0 Å². The van der Waals surface area contributed by atoms with Crippen LogP contribution in [-0.4, -0.2) is 79.7 Å². The minimum absolute atomic E-state index is 0.137. The lowest BCUT2D eigenvalue weighted by Gasteiger charge is -2.32. The molecule has 0 bridgehead atoms. The number of nitrogens with zero attached hydrogens (tertiary/aromatic N) is 2. The highest BCUT2D eigenvalue weighted by Gasteiger charge is 2.29. The zero-order chi connectivity index (χ0) is 20.3. The zero-order valence-electron chi connectivity index (χ0n) is 16.0. The molecule has 1 saturated heterocycles. The molecule has 28 heavy (non-hydrogen) atoms. The summed E-state index contributed by atoms with van der Waals surface area (Å²) in [4.78, 5) is 39.3. The number of carbonyl (C=O) groups is 3. The summed E-state index contributed by atoms with van der Waals surface area (Å²) >= 11 is 0. The van der Waals surface area contributed by atoms with Gasteiger partial charge in [-0.15, -0.1) is 0 Å². The lowest BCUT2D eigenvalue weighted by Crippen LogP contribution is -2.46. The maximum atomic E-state index is 12.8. The quantitative estimate of drug-likeness (QED) is 0.792. The number of hydrogen-bond donors (Lipinski definition) is 1. The fraction of sp³-hybridized carbons (Fsp3) is 0.526. The molecule has 0 saturated carbocycles. The van der Waals surface area contributed by atoms with Gasteiger partial charge in [-0.3, -0.25) is 14.4 Å². The van der Waals surface area contributed by atoms with Gasteiger partial charge < -0.3 is 29.1 Å². The Morgan fingerprint density at radius 2 is 2.04 bits per heavy atom. The Kier molecular flexibility index (Phi) is 5.91. The Bertz CT molecular complexity index is 763. The van der Waals surface area contributed by atoms with Gasteiger partial charge in [0.25, 0.3) is 5.91 Å². The van der Waals surface area contributed by atoms with Gasteiger partial charge in [0.15, 0.2) is 11.5 Å². The molecule has 1 unspecified atom stereocenters. The average Bonchev–Trinajstić information content (AvgIpc) is 2.72. The number of methoxy groups -OCH3 is 1. The molecule has 9 heteroatoms. The largest absolute Gasteiger partial charge is 0.493 e. The van der Waals surface area contributed by atoms with E-state index in [1.165, 1.54) is 24.0 Å². The van der Waals surface area contributed by atoms with Crippen molar-refractivity contribution in [2.45, 2.75) is 12.8 Å². The predicted octanol–water partition coefficient (Wildman–Crippen LogP) is 0.862. The van der Waals surface area contributed by atoms with Crippen LogP contribution in [0.15, 0.2) is 12.1 Å². The maximum Gasteiger partial charge on any atom is 0.308 e. The molecule has 2 aliphatic rings. The topological polar surface area (TPSA) is 106 Å². The van der Waals surface area contributed by atoms with E-state index in [-0.39, 0.29) is 24.9 Å². The number of carboxylic acid groups (broad SMARTS) is 1. The Morgan fingerprint density at radius 3 is 2.75 bits per heavy atom. The van der Waals surface area contributed by atoms with Crippen molar-refractivity contribution < 1.29 is 33.7 Å². The fourth-order valence-electron chi connectivity index (χ4n) is 3.40. The van der Waals surface area contributed by atoms with Gasteiger partial charge >= 0.3 is 5.97 Å². The molecule has 1 fully saturated rings. The first-order valence-corrected chi connectivity index (χ1v) is 9.14. The van der Waals surface area contributed by atoms with Crippen LogP contribution in [0, 0.1) is 5.92 Å². The third-order valence-electron chi connectivity index (χ3n) is 4.92. The van der Waals surface area contributed by atoms with Crippen molar-refractivity contribution >= 4 is 17.8 Å². The third kappa shape index (κ3) is 4.13. The maximum absolute atomic E-state index is 12.8. The van der Waals surface area contributed by atoms with Crippen molar-refractivity contribution in [3.8, 4) is 17.2 Å². The van der Waals surface area contributed by atoms with E-state index in [0.717, 1.165) is 0 Å². The number of carboxylic acids is 1. The Morgan fingerprint density at radius 1 is 1.29 bits per heavy atom. The van der Waals surface area contributed by atoms with Gasteiger partial charge in [-0.2, -0.15) is 0 Å². The standard InChI is InChI=1S/C19H24N2O7/c1-20(11-16(22)21-5-3-4-12(10-21)19(24)25)18(23)13-8-14(26-2)17-15(9-13)27-6-7-28-17/h8-9,12H,3-7,10-11H2,1-2H3,(H,24,25). The third-order valence-corrected chi connectivity index (χ3v) is 4.92. The highest BCUT2D eigenvalue weighted by molar-refractivity contribution is 5.97. The number of ether oxygens (including phenoxy) is 3. The molecule has 9 nitrogen and oxygen atoms in total. The van der Waals surface area contributed by atoms with Crippen molar-refractivity contribution in [3.63, 3.8) is 0 Å². The molecule has 3 rings (SSSR count). The fourth-order valence-corrected chi connectivity index (χ4v) is 3.40. The van der Waals surface area contributed by atoms with Crippen molar-refractivity contribution in [3.05, 3.63) is 17.7 Å². The van der Waals surface area contributed by atoms with Gasteiger partial charge in [-0.25, -0.2) is 0 Å². The Balaban J connectivity index is 1.69. The van der Waals surface area contributed by atoms with Crippen LogP contribution < -0.4 is 14.2 Å². The Hall–Kier alpha value is -2.97. The molecule has 0 spiro atoms. The molecule has 2 amide bonds. The van der Waals surface area contributed by atoms with E-state index in [4.69, 9.17) is 19.3 Å². The number of likely N-dealkylation sites (tertiary alicyclic amines) is 1. The molecule has 0 radical (unpaired) electrons. The van der Waals surface area contributed by atoms with E-state index in [1.807, 2.05) is 0 Å². The molecule has 2 aliphatic heterocycles. The van der Waals surface area contributed by atoms with Crippen LogP contribution in [0.3, 0.4) is 0 Å². The first-order valence-electron chi connectivity index (χ1n) is 9.14. The van der Waals surface area contributed by atoms with Crippen LogP contribution in [0.4, 0.5) is 0 Å². The molecular weight excluding hydrogens is 368 g/mol. The van der Waals surface area contributed by atoms with Gasteiger partial charge in [0.05, 0.1) is 19.6 Å². The molecule has 1 aromatic carbocycles. The van der Waals surface area contributed by atoms with Gasteiger partial charge in [0.1, 0.15) is 13.2 Å². The summed E-state index contributed by atoms with van der Waals surface area (Å²) in [6.45, 7) is 1.32. The summed E-state index contributed by atoms with van der Waals surface area (Å²) in [5.74, 6) is -0.820. The summed E-state index contributed by atoms with van der Waals surface area (Å²) in [5.41, 5.74) is 0.318. The average molecular weight is 392 g/mol. The van der Waals surface area contributed by atoms with Gasteiger partial charge in [-0.1, -0.05) is 0 Å². The normalized spacial score (nSPS) is 18.4. The molecule has 1 N–H and O–H groups in total. The monoisotopic (exact) mass is 392 g/mol. The SMILES string of the molecule is COc1cc(C(=O)N(C)CC(=O)N2CCCC(C(=O)O)C2)cc2c1OCCO2. The first-order chi connectivity index (χ1) is 13.4. The minimum atomic E-state index is -0.898. The van der Waals surface area contributed by atoms with Gasteiger partial charge in [0, 0.05) is 25.7 Å². The number of piperidine rings is 1. The molecule has 0 aromatic heterocycles. The summed E-state index contributed by atoms with van der Waals surface area (Å²) in [6.07, 6.45) is 1.20. The molecule has 1 aromatic rings. The molecule has 1 atom stereocenters. The van der Waals surface area contributed by atoms with Gasteiger partial charge in [0.2, 0.25) is 11.7 Å². The number of hydrogen-bond acceptors (Lipinski definition) is 6. The summed E-state index contributed by atoms with van der Waals surface area (Å²) in [5, 5.41) is 9.17. The highest BCUT2D eigenvalue weighted by atomic mass is 16.6. The number of amides is 2. The molecule has 0 aliphatic carbocycles. The van der Waals surface area contributed by atoms with E-state index in [0.29, 0.717) is 55.4 Å². The number of likely N-dealkylation sites (N-methyl/N-ethyl adjacent to an activating group) is 1. The number of benzene rings is 1. The van der Waals surface area contributed by atoms with Crippen LogP contribution >= 0.6 is 0 Å². The minimum Gasteiger partial charge on any atom is -0.493 e. The van der Waals surface area contributed by atoms with Crippen LogP contribution in [-0.2, 0) is 9.59 Å². The second-order valence-corrected chi connectivity index (χ2v) is 6.88. The van der Waals surface area contributed by atoms with Crippen LogP contribution in [0.5, 0.6) is 17.2 Å². The first kappa shape index (κ1) is 19.8. The van der Waals surface area contributed by atoms with Crippen molar-refractivity contribution in [2.24, 2.45) is 5.92 Å². The lowest BCUT2D eigenvalue weighted by atomic mass is 9.98. The number of fused-ring (bicyclic) bond motifs is 1. The van der Waals surface area contributed by atoms with E-state index in [2.05, 4.69) is 0 Å². The van der Waals surface area contributed by atoms with Crippen LogP contribution in [0.1, 0.15) is 23.2 Å². The van der Waals surface area contributed by atoms with Crippen molar-refractivity contribution in [2.75, 3.05) is 47.0 Å². The number of carbonyl (C=O) groups excluding carboxylic acids is 2. The van der Waals surface area contributed by atoms with E-state index >= 15 is 0 Å². The molecule has 2 heterocycles. The van der Waals surface area contributed by atoms with Gasteiger partial charge in [-0.05, 0) is 25.0 Å². The summed E-state index contributed by atoms with van der Waals surface area (Å²) in [7, 11) is 3.01. The Labute approximate surface area is 162 Å². The lowest BCUT2D eigenvalue weighted by molar-refractivity contribution is -0.145. The van der Waals surface area contributed by atoms with E-state index in [9.17, 15) is 14.4 Å². The summed E-state index contributed by atoms with van der Waals surface area (Å²) < 4.78 is 16.4. The molecular formula is C19H24N2O7. The molecule has 152 valence electrons. The van der Waals surface area contributed by atoms with E-state index < -0.39 is 11.9 Å². The van der Waals surface area contributed by atoms with E-state index in [1.54, 1.807) is 12.1 Å². The predicted molar refractivity (Wildman–Crippen MR) is 97.9 cm³/mol. The second-order valence-electron chi connectivity index (χ2n) is 6.88. The number of aliphatic carboxylic acids is 1. The van der Waals surface area contributed by atoms with Crippen LogP contribution in [0.25, 0.3) is 0 Å². The second kappa shape index (κ2) is 8.37. The number of rotatable bonds is 5. The summed E-state index contributed by atoms with van der Waals surface area (Å²) in [6, 6.07) is 3.12.